The first-order chi connectivity index (χ1) is 24.3. The number of aryl methyl sites for hydroxylation is 1. The van der Waals surface area contributed by atoms with Gasteiger partial charge in [0.15, 0.2) is 0 Å². The summed E-state index contributed by atoms with van der Waals surface area (Å²) in [5.41, 5.74) is 11.2. The summed E-state index contributed by atoms with van der Waals surface area (Å²) >= 11 is -0.826. The normalized spacial score (nSPS) is 13.7. The molecular weight excluding hydrogens is 743 g/mol. The molecule has 0 aromatic heterocycles. The number of fused-ring (bicyclic) bond motifs is 2. The molecule has 0 heterocycles. The molecule has 1 fully saturated rings. The zero-order valence-electron chi connectivity index (χ0n) is 31.1. The summed E-state index contributed by atoms with van der Waals surface area (Å²) in [4.78, 5) is 0. The topological polar surface area (TPSA) is 0 Å². The van der Waals surface area contributed by atoms with Crippen LogP contribution in [-0.2, 0) is 20.8 Å². The van der Waals surface area contributed by atoms with E-state index in [1.165, 1.54) is 99.0 Å². The van der Waals surface area contributed by atoms with Crippen LogP contribution in [0.3, 0.4) is 0 Å². The summed E-state index contributed by atoms with van der Waals surface area (Å²) in [5.74, 6) is 2.07. The third-order valence-corrected chi connectivity index (χ3v) is 10.3. The van der Waals surface area contributed by atoms with Gasteiger partial charge in [0.05, 0.1) is 0 Å². The van der Waals surface area contributed by atoms with Crippen molar-refractivity contribution in [3.8, 4) is 22.3 Å². The van der Waals surface area contributed by atoms with Crippen LogP contribution in [-0.4, -0.2) is 9.52 Å². The van der Waals surface area contributed by atoms with E-state index >= 15 is 0 Å². The van der Waals surface area contributed by atoms with E-state index in [0.717, 1.165) is 15.4 Å². The molecule has 6 aromatic carbocycles. The van der Waals surface area contributed by atoms with Crippen LogP contribution in [0, 0.1) is 6.92 Å². The number of hydrogen-bond acceptors (Lipinski definition) is 0. The van der Waals surface area contributed by atoms with Crippen LogP contribution in [0.5, 0.6) is 0 Å². The van der Waals surface area contributed by atoms with E-state index in [-0.39, 0.29) is 0 Å². The van der Waals surface area contributed by atoms with Crippen molar-refractivity contribution in [2.45, 2.75) is 104 Å². The van der Waals surface area contributed by atoms with Crippen LogP contribution >= 0.6 is 17.0 Å². The van der Waals surface area contributed by atoms with Gasteiger partial charge in [0.1, 0.15) is 0 Å². The molecule has 1 aliphatic carbocycles. The summed E-state index contributed by atoms with van der Waals surface area (Å²) in [7, 11) is 11.0. The number of halogens is 2. The minimum absolute atomic E-state index is 0.640. The summed E-state index contributed by atoms with van der Waals surface area (Å²) in [6.45, 7) is 15.6. The molecule has 50 heavy (non-hydrogen) atoms. The molecule has 0 spiro atoms. The van der Waals surface area contributed by atoms with Crippen molar-refractivity contribution in [3.05, 3.63) is 131 Å². The predicted octanol–water partition coefficient (Wildman–Crippen LogP) is 15.6. The van der Waals surface area contributed by atoms with Gasteiger partial charge in [-0.3, -0.25) is 0 Å². The molecule has 0 nitrogen and oxygen atoms in total. The zero-order valence-corrected chi connectivity index (χ0v) is 36.1. The summed E-state index contributed by atoms with van der Waals surface area (Å²) in [6.07, 6.45) is 7.93. The van der Waals surface area contributed by atoms with Crippen LogP contribution in [0.4, 0.5) is 0 Å². The Morgan fingerprint density at radius 1 is 0.680 bits per heavy atom. The van der Waals surface area contributed by atoms with Gasteiger partial charge >= 0.3 is 37.9 Å². The molecule has 2 radical (unpaired) electrons. The SMILES string of the molecule is CCC(C)c1ccc(-c2cccc3[cH-]c(C)cc23)cc1.CCC(C)c1ccc(-c2cccc3[cH-]c(C4CCCC4)cc23)cc1.C[Si]C.[Cl][Zr+2][Cl]. The van der Waals surface area contributed by atoms with Crippen molar-refractivity contribution in [2.75, 3.05) is 0 Å². The van der Waals surface area contributed by atoms with E-state index in [4.69, 9.17) is 17.0 Å². The fourth-order valence-electron chi connectivity index (χ4n) is 7.09. The average molecular weight is 797 g/mol. The van der Waals surface area contributed by atoms with Crippen molar-refractivity contribution in [3.63, 3.8) is 0 Å². The maximum absolute atomic E-state index is 4.93. The Labute approximate surface area is 324 Å². The predicted molar refractivity (Wildman–Crippen MR) is 222 cm³/mol. The van der Waals surface area contributed by atoms with Gasteiger partial charge < -0.3 is 0 Å². The van der Waals surface area contributed by atoms with Gasteiger partial charge in [0.2, 0.25) is 0 Å². The summed E-state index contributed by atoms with van der Waals surface area (Å²) < 4.78 is 0. The Hall–Kier alpha value is -2.22. The Morgan fingerprint density at radius 2 is 1.10 bits per heavy atom. The van der Waals surface area contributed by atoms with Crippen molar-refractivity contribution >= 4 is 48.1 Å². The first-order valence-corrected chi connectivity index (χ1v) is 26.7. The molecule has 0 aliphatic heterocycles. The Bertz CT molecular complexity index is 1860. The van der Waals surface area contributed by atoms with Crippen molar-refractivity contribution in [2.24, 2.45) is 0 Å². The van der Waals surface area contributed by atoms with Crippen molar-refractivity contribution in [1.82, 2.24) is 0 Å². The fourth-order valence-corrected chi connectivity index (χ4v) is 7.09. The van der Waals surface area contributed by atoms with Crippen molar-refractivity contribution in [1.29, 1.82) is 0 Å². The minimum atomic E-state index is -0.826. The van der Waals surface area contributed by atoms with Gasteiger partial charge in [-0.15, -0.1) is 69.1 Å². The summed E-state index contributed by atoms with van der Waals surface area (Å²) in [6, 6.07) is 41.1. The van der Waals surface area contributed by atoms with Gasteiger partial charge in [0, 0.05) is 9.52 Å². The van der Waals surface area contributed by atoms with E-state index < -0.39 is 20.8 Å². The molecule has 0 N–H and O–H groups in total. The van der Waals surface area contributed by atoms with Crippen LogP contribution in [0.15, 0.2) is 109 Å². The quantitative estimate of drug-likeness (QED) is 0.111. The van der Waals surface area contributed by atoms with Gasteiger partial charge in [-0.1, -0.05) is 132 Å². The van der Waals surface area contributed by atoms with Gasteiger partial charge in [-0.2, -0.15) is 12.1 Å². The average Bonchev–Trinajstić information content (AvgIpc) is 3.91. The molecule has 7 rings (SSSR count). The molecule has 6 aromatic rings. The second-order valence-electron chi connectivity index (χ2n) is 13.9. The molecule has 4 heteroatoms. The van der Waals surface area contributed by atoms with Gasteiger partial charge in [-0.05, 0) is 65.7 Å². The molecule has 0 bridgehead atoms. The van der Waals surface area contributed by atoms with Crippen LogP contribution in [0.25, 0.3) is 43.8 Å². The Kier molecular flexibility index (Phi) is 16.8. The van der Waals surface area contributed by atoms with E-state index in [9.17, 15) is 0 Å². The molecule has 2 unspecified atom stereocenters. The van der Waals surface area contributed by atoms with E-state index in [1.54, 1.807) is 5.56 Å². The number of benzene rings is 4. The second kappa shape index (κ2) is 20.7. The number of hydrogen-bond donors (Lipinski definition) is 0. The van der Waals surface area contributed by atoms with Gasteiger partial charge in [-0.25, -0.2) is 0 Å². The van der Waals surface area contributed by atoms with E-state index in [1.807, 2.05) is 0 Å². The molecule has 1 saturated carbocycles. The molecule has 0 saturated heterocycles. The zero-order chi connectivity index (χ0) is 36.0. The Balaban J connectivity index is 0.000000197. The molecule has 260 valence electrons. The third kappa shape index (κ3) is 10.7. The van der Waals surface area contributed by atoms with Crippen LogP contribution in [0.1, 0.15) is 106 Å². The van der Waals surface area contributed by atoms with Crippen LogP contribution < -0.4 is 0 Å². The van der Waals surface area contributed by atoms with Crippen molar-refractivity contribution < 1.29 is 20.8 Å². The van der Waals surface area contributed by atoms with Gasteiger partial charge in [0.25, 0.3) is 0 Å². The molecule has 1 aliphatic rings. The first-order valence-electron chi connectivity index (χ1n) is 18.4. The fraction of sp³-hybridized carbons (Fsp3) is 0.348. The maximum atomic E-state index is 4.93. The molecular formula is C46H54Cl2SiZr. The number of rotatable bonds is 7. The van der Waals surface area contributed by atoms with E-state index in [2.05, 4.69) is 157 Å². The molecule has 2 atom stereocenters. The molecule has 0 amide bonds. The second-order valence-corrected chi connectivity index (χ2v) is 18.6. The third-order valence-electron chi connectivity index (χ3n) is 10.3. The van der Waals surface area contributed by atoms with Crippen LogP contribution in [0.2, 0.25) is 13.1 Å². The Morgan fingerprint density at radius 3 is 1.54 bits per heavy atom. The summed E-state index contributed by atoms with van der Waals surface area (Å²) in [5, 5.41) is 5.53. The first kappa shape index (κ1) is 40.5. The standard InChI is InChI=1S/C24H27.C20H21.C2H6Si.2ClH.Zr/c1-3-17(2)18-11-13-20(14-12-18)23-10-6-9-21-15-22(16-24(21)23)19-7-4-5-8-19;1-4-15(3)16-8-10-17(11-9-16)19-7-5-6-18-12-14(2)13-20(18)19;1-3-2;;;/h6,9-17,19H,3-5,7-8H2,1-2H3;5-13,15H,4H2,1-3H3;1-2H3;2*1H;/q2*-1;;;;+4/p-2. The monoisotopic (exact) mass is 794 g/mol. The van der Waals surface area contributed by atoms with E-state index in [0.29, 0.717) is 11.8 Å².